The van der Waals surface area contributed by atoms with E-state index in [4.69, 9.17) is 9.84 Å². The molecule has 0 bridgehead atoms. The van der Waals surface area contributed by atoms with Gasteiger partial charge in [-0.1, -0.05) is 0 Å². The monoisotopic (exact) mass is 348 g/mol. The topological polar surface area (TPSA) is 113 Å². The lowest BCUT2D eigenvalue weighted by Gasteiger charge is -2.30. The molecule has 2 rings (SSSR count). The molecule has 0 aliphatic carbocycles. The molecule has 0 spiro atoms. The zero-order chi connectivity index (χ0) is 18.7. The van der Waals surface area contributed by atoms with Crippen LogP contribution in [0.15, 0.2) is 18.2 Å². The highest BCUT2D eigenvalue weighted by Crippen LogP contribution is 2.34. The van der Waals surface area contributed by atoms with Gasteiger partial charge in [-0.2, -0.15) is 0 Å². The fourth-order valence-electron chi connectivity index (χ4n) is 2.43. The van der Waals surface area contributed by atoms with Gasteiger partial charge in [0.25, 0.3) is 5.91 Å². The molecule has 0 aromatic heterocycles. The van der Waals surface area contributed by atoms with Crippen molar-refractivity contribution in [1.82, 2.24) is 5.32 Å². The molecule has 0 fully saturated rings. The second kappa shape index (κ2) is 7.33. The number of ether oxygens (including phenoxy) is 1. The van der Waals surface area contributed by atoms with E-state index in [9.17, 15) is 19.2 Å². The summed E-state index contributed by atoms with van der Waals surface area (Å²) in [5.41, 5.74) is 0.855. The van der Waals surface area contributed by atoms with Gasteiger partial charge in [-0.05, 0) is 32.0 Å². The molecule has 134 valence electrons. The van der Waals surface area contributed by atoms with Crippen molar-refractivity contribution in [2.75, 3.05) is 11.9 Å². The number of fused-ring (bicyclic) bond motifs is 1. The van der Waals surface area contributed by atoms with Crippen molar-refractivity contribution in [2.24, 2.45) is 0 Å². The predicted molar refractivity (Wildman–Crippen MR) is 88.7 cm³/mol. The lowest BCUT2D eigenvalue weighted by atomic mass is 10.0. The van der Waals surface area contributed by atoms with Gasteiger partial charge in [-0.3, -0.25) is 19.2 Å². The number of ketones is 1. The number of hydrogen-bond acceptors (Lipinski definition) is 5. The number of rotatable bonds is 6. The molecule has 2 N–H and O–H groups in total. The summed E-state index contributed by atoms with van der Waals surface area (Å²) >= 11 is 0. The minimum atomic E-state index is -1.14. The van der Waals surface area contributed by atoms with Gasteiger partial charge in [-0.15, -0.1) is 0 Å². The smallest absolute Gasteiger partial charge is 0.325 e. The number of carboxylic acids is 1. The number of anilines is 1. The Morgan fingerprint density at radius 1 is 1.32 bits per heavy atom. The van der Waals surface area contributed by atoms with Crippen molar-refractivity contribution in [3.63, 3.8) is 0 Å². The van der Waals surface area contributed by atoms with Gasteiger partial charge in [0.2, 0.25) is 5.91 Å². The summed E-state index contributed by atoms with van der Waals surface area (Å²) in [6, 6.07) is 3.74. The van der Waals surface area contributed by atoms with E-state index >= 15 is 0 Å². The summed E-state index contributed by atoms with van der Waals surface area (Å²) in [7, 11) is 1.61. The molecule has 8 nitrogen and oxygen atoms in total. The third kappa shape index (κ3) is 4.14. The number of Topliss-reactive ketones (excluding diaryl/α,β-unsaturated/α-hetero) is 1. The molecule has 2 atom stereocenters. The lowest BCUT2D eigenvalue weighted by molar-refractivity contribution is -0.141. The molecule has 1 heterocycles. The Bertz CT molecular complexity index is 730. The Labute approximate surface area is 144 Å². The molecule has 8 heteroatoms. The number of hydrogen-bond donors (Lipinski definition) is 2. The van der Waals surface area contributed by atoms with Crippen LogP contribution in [0.3, 0.4) is 0 Å². The first kappa shape index (κ1) is 18.4. The first-order valence-electron chi connectivity index (χ1n) is 7.84. The maximum atomic E-state index is 12.3. The number of nitrogens with one attached hydrogen (secondary N) is 1. The van der Waals surface area contributed by atoms with Crippen LogP contribution in [0, 0.1) is 0 Å². The fourth-order valence-corrected chi connectivity index (χ4v) is 2.43. The van der Waals surface area contributed by atoms with E-state index in [1.165, 1.54) is 11.8 Å². The molecular weight excluding hydrogens is 328 g/mol. The maximum Gasteiger partial charge on any atom is 0.325 e. The van der Waals surface area contributed by atoms with Crippen LogP contribution in [0.5, 0.6) is 5.75 Å². The van der Waals surface area contributed by atoms with Gasteiger partial charge < -0.3 is 20.1 Å². The van der Waals surface area contributed by atoms with Gasteiger partial charge >= 0.3 is 5.97 Å². The van der Waals surface area contributed by atoms with Crippen LogP contribution >= 0.6 is 0 Å². The maximum absolute atomic E-state index is 12.3. The minimum absolute atomic E-state index is 0.0636. The standard InChI is InChI=1S/C17H20N2O6/c1-9(17(23)24)18-15(21)7-5-13(20)11-4-6-14-12(8-11)19(3)16(22)10(2)25-14/h4,6,8-10H,5,7H2,1-3H3,(H,18,21)(H,23,24). The van der Waals surface area contributed by atoms with E-state index in [2.05, 4.69) is 5.32 Å². The number of nitrogens with zero attached hydrogens (tertiary/aromatic N) is 1. The molecule has 25 heavy (non-hydrogen) atoms. The first-order valence-corrected chi connectivity index (χ1v) is 7.84. The summed E-state index contributed by atoms with van der Waals surface area (Å²) in [5, 5.41) is 11.0. The zero-order valence-electron chi connectivity index (χ0n) is 14.2. The molecular formula is C17H20N2O6. The van der Waals surface area contributed by atoms with Crippen LogP contribution in [0.4, 0.5) is 5.69 Å². The highest BCUT2D eigenvalue weighted by atomic mass is 16.5. The number of carbonyl (C=O) groups is 4. The molecule has 1 aliphatic heterocycles. The van der Waals surface area contributed by atoms with Crippen molar-refractivity contribution >= 4 is 29.3 Å². The van der Waals surface area contributed by atoms with Crippen molar-refractivity contribution in [3.8, 4) is 5.75 Å². The fraction of sp³-hybridized carbons (Fsp3) is 0.412. The van der Waals surface area contributed by atoms with E-state index < -0.39 is 24.0 Å². The quantitative estimate of drug-likeness (QED) is 0.741. The predicted octanol–water partition coefficient (Wildman–Crippen LogP) is 0.982. The van der Waals surface area contributed by atoms with E-state index in [0.717, 1.165) is 0 Å². The third-order valence-corrected chi connectivity index (χ3v) is 3.95. The van der Waals surface area contributed by atoms with Gasteiger partial charge in [0.1, 0.15) is 11.8 Å². The molecule has 1 aromatic rings. The Morgan fingerprint density at radius 3 is 2.64 bits per heavy atom. The van der Waals surface area contributed by atoms with E-state index in [1.54, 1.807) is 32.2 Å². The average Bonchev–Trinajstić information content (AvgIpc) is 2.57. The van der Waals surface area contributed by atoms with Crippen molar-refractivity contribution in [1.29, 1.82) is 0 Å². The number of carbonyl (C=O) groups excluding carboxylic acids is 3. The highest BCUT2D eigenvalue weighted by Gasteiger charge is 2.29. The number of likely N-dealkylation sites (N-methyl/N-ethyl adjacent to an activating group) is 1. The molecule has 0 radical (unpaired) electrons. The van der Waals surface area contributed by atoms with Crippen LogP contribution in [0.25, 0.3) is 0 Å². The van der Waals surface area contributed by atoms with Crippen LogP contribution < -0.4 is 15.0 Å². The highest BCUT2D eigenvalue weighted by molar-refractivity contribution is 6.03. The number of benzene rings is 1. The Hall–Kier alpha value is -2.90. The van der Waals surface area contributed by atoms with Gasteiger partial charge in [0.05, 0.1) is 5.69 Å². The summed E-state index contributed by atoms with van der Waals surface area (Å²) < 4.78 is 5.49. The van der Waals surface area contributed by atoms with Crippen molar-refractivity contribution in [3.05, 3.63) is 23.8 Å². The first-order chi connectivity index (χ1) is 11.7. The summed E-state index contributed by atoms with van der Waals surface area (Å²) in [6.07, 6.45) is -0.763. The van der Waals surface area contributed by atoms with Crippen LogP contribution in [-0.4, -0.2) is 47.9 Å². The lowest BCUT2D eigenvalue weighted by Crippen LogP contribution is -2.42. The largest absolute Gasteiger partial charge is 0.480 e. The van der Waals surface area contributed by atoms with E-state index in [0.29, 0.717) is 17.0 Å². The SMILES string of the molecule is CC(NC(=O)CCC(=O)c1ccc2c(c1)N(C)C(=O)C(C)O2)C(=O)O. The molecule has 1 aliphatic rings. The van der Waals surface area contributed by atoms with Crippen molar-refractivity contribution in [2.45, 2.75) is 38.8 Å². The minimum Gasteiger partial charge on any atom is -0.480 e. The Balaban J connectivity index is 2.03. The molecule has 0 saturated carbocycles. The molecule has 1 aromatic carbocycles. The number of carboxylic acid groups (broad SMARTS) is 1. The van der Waals surface area contributed by atoms with Crippen LogP contribution in [0.2, 0.25) is 0 Å². The Kier molecular flexibility index (Phi) is 5.41. The number of aliphatic carboxylic acids is 1. The normalized spacial score (nSPS) is 17.3. The summed E-state index contributed by atoms with van der Waals surface area (Å²) in [5.74, 6) is -1.62. The third-order valence-electron chi connectivity index (χ3n) is 3.95. The summed E-state index contributed by atoms with van der Waals surface area (Å²) in [4.78, 5) is 48.0. The molecule has 2 amide bonds. The van der Waals surface area contributed by atoms with Gasteiger partial charge in [0.15, 0.2) is 11.9 Å². The van der Waals surface area contributed by atoms with Crippen LogP contribution in [0.1, 0.15) is 37.0 Å². The van der Waals surface area contributed by atoms with E-state index in [1.807, 2.05) is 0 Å². The Morgan fingerprint density at radius 2 is 2.00 bits per heavy atom. The van der Waals surface area contributed by atoms with Gasteiger partial charge in [0, 0.05) is 25.5 Å². The zero-order valence-corrected chi connectivity index (χ0v) is 14.2. The second-order valence-electron chi connectivity index (χ2n) is 5.89. The van der Waals surface area contributed by atoms with Crippen LogP contribution in [-0.2, 0) is 14.4 Å². The van der Waals surface area contributed by atoms with Gasteiger partial charge in [-0.25, -0.2) is 0 Å². The molecule has 0 saturated heterocycles. The second-order valence-corrected chi connectivity index (χ2v) is 5.89. The summed E-state index contributed by atoms with van der Waals surface area (Å²) in [6.45, 7) is 3.00. The van der Waals surface area contributed by atoms with E-state index in [-0.39, 0.29) is 24.5 Å². The number of amides is 2. The molecule has 2 unspecified atom stereocenters. The van der Waals surface area contributed by atoms with Crippen molar-refractivity contribution < 1.29 is 29.0 Å². The average molecular weight is 348 g/mol.